The van der Waals surface area contributed by atoms with Crippen molar-refractivity contribution in [2.75, 3.05) is 0 Å². The molecule has 1 aromatic rings. The Bertz CT molecular complexity index is 379. The molecule has 1 atom stereocenters. The summed E-state index contributed by atoms with van der Waals surface area (Å²) in [5, 5.41) is 11.9. The standard InChI is InChI=1S/C11H11NO2/c1-3-8(2)12-11(14)9-6-4-5-7-10(9)13/h1,4-8,13H,2H3,(H,12,14). The summed E-state index contributed by atoms with van der Waals surface area (Å²) in [6.07, 6.45) is 5.11. The minimum atomic E-state index is -0.367. The minimum Gasteiger partial charge on any atom is -0.507 e. The van der Waals surface area contributed by atoms with Gasteiger partial charge in [-0.1, -0.05) is 18.1 Å². The van der Waals surface area contributed by atoms with Crippen LogP contribution in [-0.2, 0) is 0 Å². The number of carbonyl (C=O) groups is 1. The smallest absolute Gasteiger partial charge is 0.255 e. The van der Waals surface area contributed by atoms with Crippen LogP contribution in [0.15, 0.2) is 24.3 Å². The molecule has 14 heavy (non-hydrogen) atoms. The monoisotopic (exact) mass is 189 g/mol. The van der Waals surface area contributed by atoms with Gasteiger partial charge in [0.15, 0.2) is 0 Å². The molecule has 0 fully saturated rings. The van der Waals surface area contributed by atoms with E-state index in [2.05, 4.69) is 11.2 Å². The second-order valence-electron chi connectivity index (χ2n) is 2.88. The zero-order valence-corrected chi connectivity index (χ0v) is 7.82. The first kappa shape index (κ1) is 10.1. The quantitative estimate of drug-likeness (QED) is 0.685. The highest BCUT2D eigenvalue weighted by atomic mass is 16.3. The maximum atomic E-state index is 11.5. The summed E-state index contributed by atoms with van der Waals surface area (Å²) in [5.41, 5.74) is 0.231. The topological polar surface area (TPSA) is 49.3 Å². The maximum absolute atomic E-state index is 11.5. The second-order valence-corrected chi connectivity index (χ2v) is 2.88. The number of benzene rings is 1. The SMILES string of the molecule is C#CC(C)NC(=O)c1ccccc1O. The Morgan fingerprint density at radius 2 is 2.21 bits per heavy atom. The van der Waals surface area contributed by atoms with Crippen LogP contribution in [0.5, 0.6) is 5.75 Å². The van der Waals surface area contributed by atoms with E-state index in [-0.39, 0.29) is 23.3 Å². The van der Waals surface area contributed by atoms with E-state index in [9.17, 15) is 9.90 Å². The number of amides is 1. The summed E-state index contributed by atoms with van der Waals surface area (Å²) in [6.45, 7) is 1.69. The van der Waals surface area contributed by atoms with Crippen LogP contribution >= 0.6 is 0 Å². The largest absolute Gasteiger partial charge is 0.507 e. The zero-order chi connectivity index (χ0) is 10.6. The molecule has 2 N–H and O–H groups in total. The average Bonchev–Trinajstić information content (AvgIpc) is 2.18. The fourth-order valence-corrected chi connectivity index (χ4v) is 0.982. The van der Waals surface area contributed by atoms with Crippen molar-refractivity contribution in [2.45, 2.75) is 13.0 Å². The van der Waals surface area contributed by atoms with Crippen LogP contribution < -0.4 is 5.32 Å². The molecule has 0 bridgehead atoms. The molecule has 0 saturated heterocycles. The van der Waals surface area contributed by atoms with E-state index < -0.39 is 0 Å². The third-order valence-corrected chi connectivity index (χ3v) is 1.75. The van der Waals surface area contributed by atoms with E-state index in [0.29, 0.717) is 0 Å². The third kappa shape index (κ3) is 2.27. The normalized spacial score (nSPS) is 11.4. The molecule has 72 valence electrons. The van der Waals surface area contributed by atoms with E-state index >= 15 is 0 Å². The van der Waals surface area contributed by atoms with Gasteiger partial charge >= 0.3 is 0 Å². The molecule has 0 spiro atoms. The van der Waals surface area contributed by atoms with Crippen LogP contribution in [0.1, 0.15) is 17.3 Å². The Kier molecular flexibility index (Phi) is 3.14. The van der Waals surface area contributed by atoms with E-state index in [4.69, 9.17) is 6.42 Å². The van der Waals surface area contributed by atoms with Crippen LogP contribution in [0.2, 0.25) is 0 Å². The number of aromatic hydroxyl groups is 1. The number of terminal acetylenes is 1. The Morgan fingerprint density at radius 1 is 1.57 bits per heavy atom. The highest BCUT2D eigenvalue weighted by molar-refractivity contribution is 5.97. The molecule has 0 aliphatic carbocycles. The van der Waals surface area contributed by atoms with Gasteiger partial charge in [0.1, 0.15) is 5.75 Å². The van der Waals surface area contributed by atoms with Crippen LogP contribution in [0.4, 0.5) is 0 Å². The molecule has 1 unspecified atom stereocenters. The van der Waals surface area contributed by atoms with Gasteiger partial charge in [0, 0.05) is 0 Å². The van der Waals surface area contributed by atoms with Gasteiger partial charge in [-0.05, 0) is 19.1 Å². The lowest BCUT2D eigenvalue weighted by molar-refractivity contribution is 0.0945. The van der Waals surface area contributed by atoms with Gasteiger partial charge in [0.2, 0.25) is 0 Å². The Hall–Kier alpha value is -1.95. The minimum absolute atomic E-state index is 0.0470. The summed E-state index contributed by atoms with van der Waals surface area (Å²) in [7, 11) is 0. The number of hydrogen-bond donors (Lipinski definition) is 2. The van der Waals surface area contributed by atoms with Crippen molar-refractivity contribution in [3.63, 3.8) is 0 Å². The van der Waals surface area contributed by atoms with Gasteiger partial charge in [0.25, 0.3) is 5.91 Å². The van der Waals surface area contributed by atoms with Crippen LogP contribution in [0.3, 0.4) is 0 Å². The molecule has 0 heterocycles. The highest BCUT2D eigenvalue weighted by Crippen LogP contribution is 2.14. The van der Waals surface area contributed by atoms with Gasteiger partial charge in [-0.15, -0.1) is 6.42 Å². The molecule has 1 amide bonds. The number of para-hydroxylation sites is 1. The molecule has 0 aliphatic rings. The van der Waals surface area contributed by atoms with Crippen molar-refractivity contribution in [1.29, 1.82) is 0 Å². The zero-order valence-electron chi connectivity index (χ0n) is 7.82. The number of carbonyl (C=O) groups excluding carboxylic acids is 1. The second kappa shape index (κ2) is 4.33. The van der Waals surface area contributed by atoms with Crippen molar-refractivity contribution in [2.24, 2.45) is 0 Å². The van der Waals surface area contributed by atoms with Crippen molar-refractivity contribution < 1.29 is 9.90 Å². The van der Waals surface area contributed by atoms with Crippen LogP contribution in [-0.4, -0.2) is 17.1 Å². The van der Waals surface area contributed by atoms with Crippen molar-refractivity contribution in [3.05, 3.63) is 29.8 Å². The molecule has 0 saturated carbocycles. The van der Waals surface area contributed by atoms with Crippen LogP contribution in [0, 0.1) is 12.3 Å². The number of phenols is 1. The molecule has 3 heteroatoms. The van der Waals surface area contributed by atoms with Gasteiger partial charge in [-0.25, -0.2) is 0 Å². The van der Waals surface area contributed by atoms with Crippen LogP contribution in [0.25, 0.3) is 0 Å². The van der Waals surface area contributed by atoms with Gasteiger partial charge in [-0.3, -0.25) is 4.79 Å². The average molecular weight is 189 g/mol. The summed E-state index contributed by atoms with van der Waals surface area (Å²) in [4.78, 5) is 11.5. The van der Waals surface area contributed by atoms with Crippen molar-refractivity contribution in [3.8, 4) is 18.1 Å². The van der Waals surface area contributed by atoms with E-state index in [1.807, 2.05) is 0 Å². The van der Waals surface area contributed by atoms with Crippen molar-refractivity contribution >= 4 is 5.91 Å². The molecule has 1 aromatic carbocycles. The summed E-state index contributed by atoms with van der Waals surface area (Å²) in [6, 6.07) is 5.97. The number of hydrogen-bond acceptors (Lipinski definition) is 2. The molecule has 0 radical (unpaired) electrons. The summed E-state index contributed by atoms with van der Waals surface area (Å²) < 4.78 is 0. The van der Waals surface area contributed by atoms with Crippen molar-refractivity contribution in [1.82, 2.24) is 5.32 Å². The van der Waals surface area contributed by atoms with E-state index in [0.717, 1.165) is 0 Å². The molecule has 3 nitrogen and oxygen atoms in total. The lowest BCUT2D eigenvalue weighted by Crippen LogP contribution is -2.31. The molecule has 0 aliphatic heterocycles. The maximum Gasteiger partial charge on any atom is 0.255 e. The predicted molar refractivity (Wildman–Crippen MR) is 53.9 cm³/mol. The third-order valence-electron chi connectivity index (χ3n) is 1.75. The molecular formula is C11H11NO2. The van der Waals surface area contributed by atoms with Gasteiger partial charge < -0.3 is 10.4 Å². The summed E-state index contributed by atoms with van der Waals surface area (Å²) >= 11 is 0. The summed E-state index contributed by atoms with van der Waals surface area (Å²) in [5.74, 6) is 1.96. The first-order valence-electron chi connectivity index (χ1n) is 4.20. The fourth-order valence-electron chi connectivity index (χ4n) is 0.982. The van der Waals surface area contributed by atoms with E-state index in [1.165, 1.54) is 12.1 Å². The fraction of sp³-hybridized carbons (Fsp3) is 0.182. The molecular weight excluding hydrogens is 178 g/mol. The number of rotatable bonds is 2. The Balaban J connectivity index is 2.81. The van der Waals surface area contributed by atoms with Gasteiger partial charge in [0.05, 0.1) is 11.6 Å². The van der Waals surface area contributed by atoms with Gasteiger partial charge in [-0.2, -0.15) is 0 Å². The number of phenolic OH excluding ortho intramolecular Hbond substituents is 1. The lowest BCUT2D eigenvalue weighted by Gasteiger charge is -2.08. The molecule has 0 aromatic heterocycles. The number of nitrogens with one attached hydrogen (secondary N) is 1. The Morgan fingerprint density at radius 3 is 2.79 bits per heavy atom. The molecule has 1 rings (SSSR count). The first-order valence-corrected chi connectivity index (χ1v) is 4.20. The first-order chi connectivity index (χ1) is 6.65. The highest BCUT2D eigenvalue weighted by Gasteiger charge is 2.10. The lowest BCUT2D eigenvalue weighted by atomic mass is 10.2. The predicted octanol–water partition coefficient (Wildman–Crippen LogP) is 1.14. The van der Waals surface area contributed by atoms with E-state index in [1.54, 1.807) is 19.1 Å². The Labute approximate surface area is 82.8 Å².